The van der Waals surface area contributed by atoms with E-state index >= 15 is 0 Å². The number of para-hydroxylation sites is 1. The fourth-order valence-corrected chi connectivity index (χ4v) is 5.39. The number of fused-ring (bicyclic) bond motifs is 2. The number of hydrogen-bond acceptors (Lipinski definition) is 6. The van der Waals surface area contributed by atoms with Gasteiger partial charge in [0.25, 0.3) is 0 Å². The molecule has 0 saturated heterocycles. The van der Waals surface area contributed by atoms with Gasteiger partial charge in [-0.25, -0.2) is 14.8 Å². The summed E-state index contributed by atoms with van der Waals surface area (Å²) in [7, 11) is 0. The van der Waals surface area contributed by atoms with E-state index in [1.807, 2.05) is 72.1 Å². The normalized spacial score (nSPS) is 13.7. The molecular formula is C30H22N2O3S. The topological polar surface area (TPSA) is 72.3 Å². The number of esters is 1. The highest BCUT2D eigenvalue weighted by Crippen LogP contribution is 2.38. The fraction of sp³-hybridized carbons (Fsp3) is 0.100. The number of hydrogen-bond donors (Lipinski definition) is 1. The maximum absolute atomic E-state index is 13.4. The first kappa shape index (κ1) is 22.2. The van der Waals surface area contributed by atoms with Crippen molar-refractivity contribution in [1.82, 2.24) is 9.97 Å². The number of aromatic nitrogens is 2. The number of nitrogens with zero attached hydrogens (tertiary/aromatic N) is 2. The van der Waals surface area contributed by atoms with Crippen molar-refractivity contribution in [2.75, 3.05) is 0 Å². The van der Waals surface area contributed by atoms with Crippen LogP contribution in [0.2, 0.25) is 0 Å². The number of benzene rings is 3. The van der Waals surface area contributed by atoms with Crippen molar-refractivity contribution in [2.24, 2.45) is 0 Å². The number of phenolic OH excluding ortho intramolecular Hbond substituents is 1. The van der Waals surface area contributed by atoms with Crippen LogP contribution in [0, 0.1) is 0 Å². The van der Waals surface area contributed by atoms with Crippen LogP contribution in [-0.4, -0.2) is 21.0 Å². The monoisotopic (exact) mass is 490 g/mol. The zero-order valence-corrected chi connectivity index (χ0v) is 20.2. The number of pyridine rings is 1. The van der Waals surface area contributed by atoms with Crippen LogP contribution >= 0.6 is 11.3 Å². The third-order valence-corrected chi connectivity index (χ3v) is 7.24. The van der Waals surface area contributed by atoms with Crippen molar-refractivity contribution in [3.05, 3.63) is 112 Å². The summed E-state index contributed by atoms with van der Waals surface area (Å²) in [5, 5.41) is 13.2. The van der Waals surface area contributed by atoms with Gasteiger partial charge in [-0.1, -0.05) is 60.7 Å². The molecule has 0 radical (unpaired) electrons. The van der Waals surface area contributed by atoms with Gasteiger partial charge in [-0.3, -0.25) is 0 Å². The van der Waals surface area contributed by atoms with Gasteiger partial charge in [-0.2, -0.15) is 0 Å². The predicted octanol–water partition coefficient (Wildman–Crippen LogP) is 6.91. The lowest BCUT2D eigenvalue weighted by molar-refractivity contribution is 0.0469. The average Bonchev–Trinajstić information content (AvgIpc) is 3.55. The lowest BCUT2D eigenvalue weighted by atomic mass is 10.0. The van der Waals surface area contributed by atoms with E-state index in [-0.39, 0.29) is 18.3 Å². The molecule has 6 heteroatoms. The number of rotatable bonds is 5. The first-order chi connectivity index (χ1) is 17.7. The largest absolute Gasteiger partial charge is 0.508 e. The van der Waals surface area contributed by atoms with Gasteiger partial charge in [-0.15, -0.1) is 11.3 Å². The van der Waals surface area contributed by atoms with Crippen LogP contribution < -0.4 is 0 Å². The Kier molecular flexibility index (Phi) is 5.79. The Balaban J connectivity index is 1.31. The highest BCUT2D eigenvalue weighted by atomic mass is 32.1. The molecule has 1 aliphatic rings. The zero-order chi connectivity index (χ0) is 24.5. The molecule has 0 aliphatic heterocycles. The van der Waals surface area contributed by atoms with E-state index in [4.69, 9.17) is 9.72 Å². The summed E-state index contributed by atoms with van der Waals surface area (Å²) in [6.45, 7) is 0.115. The van der Waals surface area contributed by atoms with Gasteiger partial charge in [0.2, 0.25) is 0 Å². The highest BCUT2D eigenvalue weighted by Gasteiger charge is 2.27. The average molecular weight is 491 g/mol. The lowest BCUT2D eigenvalue weighted by Gasteiger charge is -2.12. The summed E-state index contributed by atoms with van der Waals surface area (Å²) in [6.07, 6.45) is 3.57. The highest BCUT2D eigenvalue weighted by molar-refractivity contribution is 7.13. The molecular weight excluding hydrogens is 468 g/mol. The molecule has 0 amide bonds. The minimum absolute atomic E-state index is 0.115. The van der Waals surface area contributed by atoms with Crippen molar-refractivity contribution in [1.29, 1.82) is 0 Å². The quantitative estimate of drug-likeness (QED) is 0.271. The third kappa shape index (κ3) is 4.27. The molecule has 1 aliphatic carbocycles. The molecule has 176 valence electrons. The van der Waals surface area contributed by atoms with Gasteiger partial charge in [0.15, 0.2) is 0 Å². The third-order valence-electron chi connectivity index (χ3n) is 6.30. The molecule has 1 N–H and O–H groups in total. The number of phenols is 1. The number of ether oxygens (including phenoxy) is 1. The van der Waals surface area contributed by atoms with E-state index < -0.39 is 0 Å². The van der Waals surface area contributed by atoms with E-state index in [0.29, 0.717) is 5.56 Å². The number of allylic oxidation sites excluding steroid dienone is 1. The lowest BCUT2D eigenvalue weighted by Crippen LogP contribution is -2.10. The van der Waals surface area contributed by atoms with Crippen molar-refractivity contribution in [2.45, 2.75) is 19.4 Å². The molecule has 5 aromatic rings. The van der Waals surface area contributed by atoms with Crippen molar-refractivity contribution >= 4 is 39.9 Å². The predicted molar refractivity (Wildman–Crippen MR) is 143 cm³/mol. The molecule has 0 saturated carbocycles. The Hall–Kier alpha value is -4.29. The zero-order valence-electron chi connectivity index (χ0n) is 19.3. The Morgan fingerprint density at radius 1 is 0.944 bits per heavy atom. The van der Waals surface area contributed by atoms with Gasteiger partial charge in [0, 0.05) is 16.3 Å². The van der Waals surface area contributed by atoms with Crippen LogP contribution in [0.5, 0.6) is 5.75 Å². The number of carbonyl (C=O) groups excluding carboxylic acids is 1. The molecule has 0 fully saturated rings. The van der Waals surface area contributed by atoms with Crippen LogP contribution in [0.1, 0.15) is 39.3 Å². The van der Waals surface area contributed by atoms with Crippen LogP contribution in [0.4, 0.5) is 0 Å². The first-order valence-electron chi connectivity index (χ1n) is 11.7. The van der Waals surface area contributed by atoms with Crippen LogP contribution in [0.3, 0.4) is 0 Å². The molecule has 3 aromatic carbocycles. The van der Waals surface area contributed by atoms with E-state index in [2.05, 4.69) is 11.1 Å². The summed E-state index contributed by atoms with van der Waals surface area (Å²) in [5.74, 6) is -0.126. The maximum atomic E-state index is 13.4. The van der Waals surface area contributed by atoms with E-state index in [1.165, 1.54) is 11.3 Å². The fourth-order valence-electron chi connectivity index (χ4n) is 4.58. The molecule has 0 atom stereocenters. The Labute approximate surface area is 212 Å². The van der Waals surface area contributed by atoms with Gasteiger partial charge in [-0.05, 0) is 53.8 Å². The number of carbonyl (C=O) groups is 1. The van der Waals surface area contributed by atoms with Crippen molar-refractivity contribution < 1.29 is 14.6 Å². The second-order valence-electron chi connectivity index (χ2n) is 8.68. The standard InChI is InChI=1S/C30H22N2O3S/c33-23-13-10-19(11-14-23)16-21-12-15-25-27(24-8-4-5-9-26(24)32-28(21)25)30(34)35-17-22-18-36-29(31-22)20-6-2-1-3-7-20/h1-11,13-14,16,18,33H,12,15,17H2. The van der Waals surface area contributed by atoms with E-state index in [1.54, 1.807) is 12.1 Å². The van der Waals surface area contributed by atoms with Crippen molar-refractivity contribution in [3.8, 4) is 16.3 Å². The molecule has 0 unspecified atom stereocenters. The molecule has 0 bridgehead atoms. The second kappa shape index (κ2) is 9.40. The Morgan fingerprint density at radius 3 is 2.56 bits per heavy atom. The van der Waals surface area contributed by atoms with Crippen LogP contribution in [0.15, 0.2) is 84.2 Å². The summed E-state index contributed by atoms with van der Waals surface area (Å²) < 4.78 is 5.79. The first-order valence-corrected chi connectivity index (χ1v) is 12.6. The second-order valence-corrected chi connectivity index (χ2v) is 9.54. The minimum Gasteiger partial charge on any atom is -0.508 e. The Bertz CT molecular complexity index is 1610. The minimum atomic E-state index is -0.356. The summed E-state index contributed by atoms with van der Waals surface area (Å²) in [4.78, 5) is 23.0. The van der Waals surface area contributed by atoms with Crippen LogP contribution in [0.25, 0.3) is 33.1 Å². The van der Waals surface area contributed by atoms with E-state index in [9.17, 15) is 9.90 Å². The number of aromatic hydroxyl groups is 1. The van der Waals surface area contributed by atoms with Gasteiger partial charge in [0.05, 0.1) is 22.5 Å². The SMILES string of the molecule is O=C(OCc1csc(-c2ccccc2)n1)c1c2c(nc3ccccc13)C(=Cc1ccc(O)cc1)CC2. The van der Waals surface area contributed by atoms with Gasteiger partial charge in [0.1, 0.15) is 17.4 Å². The smallest absolute Gasteiger partial charge is 0.339 e. The van der Waals surface area contributed by atoms with Crippen LogP contribution in [-0.2, 0) is 17.8 Å². The Morgan fingerprint density at radius 2 is 1.72 bits per heavy atom. The molecule has 2 heterocycles. The summed E-state index contributed by atoms with van der Waals surface area (Å²) in [5.41, 5.74) is 6.95. The molecule has 2 aromatic heterocycles. The number of thiazole rings is 1. The van der Waals surface area contributed by atoms with Crippen molar-refractivity contribution in [3.63, 3.8) is 0 Å². The summed E-state index contributed by atoms with van der Waals surface area (Å²) in [6, 6.07) is 24.7. The van der Waals surface area contributed by atoms with E-state index in [0.717, 1.165) is 62.4 Å². The molecule has 6 rings (SSSR count). The molecule has 5 nitrogen and oxygen atoms in total. The maximum Gasteiger partial charge on any atom is 0.339 e. The van der Waals surface area contributed by atoms with Gasteiger partial charge >= 0.3 is 5.97 Å². The van der Waals surface area contributed by atoms with Gasteiger partial charge < -0.3 is 9.84 Å². The summed E-state index contributed by atoms with van der Waals surface area (Å²) >= 11 is 1.54. The molecule has 0 spiro atoms. The molecule has 36 heavy (non-hydrogen) atoms.